The summed E-state index contributed by atoms with van der Waals surface area (Å²) in [6.07, 6.45) is 5.58. The Bertz CT molecular complexity index is 1470. The van der Waals surface area contributed by atoms with Gasteiger partial charge < -0.3 is 10.2 Å². The Morgan fingerprint density at radius 1 is 0.929 bits per heavy atom. The minimum atomic E-state index is -4.11. The summed E-state index contributed by atoms with van der Waals surface area (Å²) in [7, 11) is -4.11. The molecule has 0 saturated heterocycles. The molecule has 4 rings (SSSR count). The SMILES string of the molecule is CCC(C(=O)NC1CCCCC1)N(Cc1ccc(C)cc1)C(=O)CN(c1cccc(Br)c1)S(=O)(=O)c1ccc(C)cc1. The van der Waals surface area contributed by atoms with Gasteiger partial charge in [-0.2, -0.15) is 0 Å². The van der Waals surface area contributed by atoms with Gasteiger partial charge in [0.1, 0.15) is 12.6 Å². The van der Waals surface area contributed by atoms with Gasteiger partial charge in [0.15, 0.2) is 0 Å². The number of aryl methyl sites for hydroxylation is 2. The van der Waals surface area contributed by atoms with Crippen molar-refractivity contribution in [2.45, 2.75) is 82.8 Å². The Morgan fingerprint density at radius 3 is 2.14 bits per heavy atom. The maximum atomic E-state index is 14.2. The first-order valence-corrected chi connectivity index (χ1v) is 16.8. The zero-order valence-corrected chi connectivity index (χ0v) is 27.0. The number of sulfonamides is 1. The molecule has 9 heteroatoms. The van der Waals surface area contributed by atoms with Gasteiger partial charge in [0, 0.05) is 17.1 Å². The van der Waals surface area contributed by atoms with Crippen LogP contribution in [-0.4, -0.2) is 43.8 Å². The molecule has 1 N–H and O–H groups in total. The lowest BCUT2D eigenvalue weighted by Crippen LogP contribution is -2.54. The molecule has 1 unspecified atom stereocenters. The summed E-state index contributed by atoms with van der Waals surface area (Å²) in [5.74, 6) is -0.642. The molecule has 3 aromatic carbocycles. The van der Waals surface area contributed by atoms with Gasteiger partial charge in [0.2, 0.25) is 11.8 Å². The van der Waals surface area contributed by atoms with E-state index >= 15 is 0 Å². The highest BCUT2D eigenvalue weighted by atomic mass is 79.9. The van der Waals surface area contributed by atoms with Crippen LogP contribution in [0.5, 0.6) is 0 Å². The normalized spacial score (nSPS) is 14.7. The van der Waals surface area contributed by atoms with Crippen LogP contribution in [0.1, 0.15) is 62.1 Å². The van der Waals surface area contributed by atoms with Gasteiger partial charge in [0.25, 0.3) is 10.0 Å². The van der Waals surface area contributed by atoms with Crippen LogP contribution in [-0.2, 0) is 26.2 Å². The van der Waals surface area contributed by atoms with E-state index in [2.05, 4.69) is 21.2 Å². The monoisotopic (exact) mass is 653 g/mol. The molecule has 0 bridgehead atoms. The summed E-state index contributed by atoms with van der Waals surface area (Å²) in [5, 5.41) is 3.18. The Kier molecular flexibility index (Phi) is 10.8. The van der Waals surface area contributed by atoms with Gasteiger partial charge in [-0.1, -0.05) is 95.7 Å². The van der Waals surface area contributed by atoms with Crippen LogP contribution in [0.15, 0.2) is 82.2 Å². The van der Waals surface area contributed by atoms with Crippen LogP contribution in [0, 0.1) is 13.8 Å². The van der Waals surface area contributed by atoms with Gasteiger partial charge in [-0.15, -0.1) is 0 Å². The zero-order chi connectivity index (χ0) is 30.3. The Balaban J connectivity index is 1.70. The second-order valence-corrected chi connectivity index (χ2v) is 13.9. The molecule has 0 aromatic heterocycles. The minimum Gasteiger partial charge on any atom is -0.352 e. The maximum absolute atomic E-state index is 14.2. The average Bonchev–Trinajstić information content (AvgIpc) is 2.97. The van der Waals surface area contributed by atoms with Crippen molar-refractivity contribution in [2.75, 3.05) is 10.8 Å². The van der Waals surface area contributed by atoms with E-state index in [1.165, 1.54) is 6.42 Å². The molecular weight excluding hydrogens is 614 g/mol. The van der Waals surface area contributed by atoms with Crippen LogP contribution in [0.25, 0.3) is 0 Å². The van der Waals surface area contributed by atoms with E-state index in [0.717, 1.165) is 46.7 Å². The van der Waals surface area contributed by atoms with E-state index in [4.69, 9.17) is 0 Å². The van der Waals surface area contributed by atoms with Gasteiger partial charge in [-0.3, -0.25) is 13.9 Å². The average molecular weight is 655 g/mol. The standard InChI is InChI=1S/C33H40BrN3O4S/c1-4-31(33(39)35-28-10-6-5-7-11-28)36(22-26-17-13-24(2)14-18-26)32(38)23-37(29-12-8-9-27(34)21-29)42(40,41)30-19-15-25(3)16-20-30/h8-9,12-21,28,31H,4-7,10-11,22-23H2,1-3H3,(H,35,39). The van der Waals surface area contributed by atoms with Crippen molar-refractivity contribution in [2.24, 2.45) is 0 Å². The van der Waals surface area contributed by atoms with Gasteiger partial charge in [-0.05, 0) is 69.0 Å². The van der Waals surface area contributed by atoms with Crippen molar-refractivity contribution in [3.05, 3.63) is 94.0 Å². The van der Waals surface area contributed by atoms with Crippen LogP contribution >= 0.6 is 15.9 Å². The number of hydrogen-bond donors (Lipinski definition) is 1. The van der Waals surface area contributed by atoms with E-state index in [1.54, 1.807) is 53.4 Å². The highest BCUT2D eigenvalue weighted by Crippen LogP contribution is 2.27. The van der Waals surface area contributed by atoms with Gasteiger partial charge in [0.05, 0.1) is 10.6 Å². The van der Waals surface area contributed by atoms with E-state index in [1.807, 2.05) is 45.0 Å². The predicted molar refractivity (Wildman–Crippen MR) is 171 cm³/mol. The molecule has 0 aliphatic heterocycles. The third-order valence-electron chi connectivity index (χ3n) is 7.80. The summed E-state index contributed by atoms with van der Waals surface area (Å²) in [4.78, 5) is 29.5. The van der Waals surface area contributed by atoms with Crippen LogP contribution in [0.3, 0.4) is 0 Å². The molecule has 1 aliphatic rings. The molecule has 1 fully saturated rings. The van der Waals surface area contributed by atoms with Crippen molar-refractivity contribution in [1.29, 1.82) is 0 Å². The number of hydrogen-bond acceptors (Lipinski definition) is 4. The topological polar surface area (TPSA) is 86.8 Å². The first-order valence-electron chi connectivity index (χ1n) is 14.6. The molecule has 0 radical (unpaired) electrons. The summed E-state index contributed by atoms with van der Waals surface area (Å²) in [5.41, 5.74) is 3.24. The number of carbonyl (C=O) groups is 2. The first kappa shape index (κ1) is 31.8. The predicted octanol–water partition coefficient (Wildman–Crippen LogP) is 6.52. The first-order chi connectivity index (χ1) is 20.1. The van der Waals surface area contributed by atoms with E-state index in [9.17, 15) is 18.0 Å². The summed E-state index contributed by atoms with van der Waals surface area (Å²) in [6.45, 7) is 5.50. The Hall–Kier alpha value is -3.17. The molecule has 1 aliphatic carbocycles. The van der Waals surface area contributed by atoms with Crippen molar-refractivity contribution in [1.82, 2.24) is 10.2 Å². The highest BCUT2D eigenvalue weighted by molar-refractivity contribution is 9.10. The fraction of sp³-hybridized carbons (Fsp3) is 0.394. The number of nitrogens with one attached hydrogen (secondary N) is 1. The Morgan fingerprint density at radius 2 is 1.55 bits per heavy atom. The smallest absolute Gasteiger partial charge is 0.264 e. The number of nitrogens with zero attached hydrogens (tertiary/aromatic N) is 2. The third-order valence-corrected chi connectivity index (χ3v) is 10.1. The van der Waals surface area contributed by atoms with E-state index < -0.39 is 28.5 Å². The zero-order valence-electron chi connectivity index (χ0n) is 24.6. The molecule has 1 atom stereocenters. The molecule has 0 heterocycles. The lowest BCUT2D eigenvalue weighted by atomic mass is 9.95. The largest absolute Gasteiger partial charge is 0.352 e. The van der Waals surface area contributed by atoms with Gasteiger partial charge in [-0.25, -0.2) is 8.42 Å². The van der Waals surface area contributed by atoms with Crippen molar-refractivity contribution >= 4 is 43.5 Å². The summed E-state index contributed by atoms with van der Waals surface area (Å²) < 4.78 is 29.8. The highest BCUT2D eigenvalue weighted by Gasteiger charge is 2.34. The number of halogens is 1. The molecule has 0 spiro atoms. The maximum Gasteiger partial charge on any atom is 0.264 e. The van der Waals surface area contributed by atoms with E-state index in [-0.39, 0.29) is 23.4 Å². The second kappa shape index (κ2) is 14.3. The van der Waals surface area contributed by atoms with Crippen LogP contribution in [0.2, 0.25) is 0 Å². The van der Waals surface area contributed by atoms with Crippen LogP contribution in [0.4, 0.5) is 5.69 Å². The lowest BCUT2D eigenvalue weighted by molar-refractivity contribution is -0.140. The molecule has 1 saturated carbocycles. The summed E-state index contributed by atoms with van der Waals surface area (Å²) in [6, 6.07) is 20.6. The van der Waals surface area contributed by atoms with Crippen molar-refractivity contribution in [3.63, 3.8) is 0 Å². The van der Waals surface area contributed by atoms with Crippen LogP contribution < -0.4 is 9.62 Å². The Labute approximate surface area is 258 Å². The van der Waals surface area contributed by atoms with Crippen molar-refractivity contribution in [3.8, 4) is 0 Å². The third kappa shape index (κ3) is 8.01. The van der Waals surface area contributed by atoms with Crippen molar-refractivity contribution < 1.29 is 18.0 Å². The fourth-order valence-corrected chi connectivity index (χ4v) is 7.14. The molecule has 42 heavy (non-hydrogen) atoms. The molecule has 2 amide bonds. The molecule has 7 nitrogen and oxygen atoms in total. The fourth-order valence-electron chi connectivity index (χ4n) is 5.35. The summed E-state index contributed by atoms with van der Waals surface area (Å²) >= 11 is 3.44. The minimum absolute atomic E-state index is 0.0908. The number of anilines is 1. The molecule has 224 valence electrons. The quantitative estimate of drug-likeness (QED) is 0.255. The number of rotatable bonds is 11. The number of amides is 2. The van der Waals surface area contributed by atoms with E-state index in [0.29, 0.717) is 16.6 Å². The molecule has 3 aromatic rings. The number of benzene rings is 3. The molecular formula is C33H40BrN3O4S. The lowest BCUT2D eigenvalue weighted by Gasteiger charge is -2.34. The van der Waals surface area contributed by atoms with Gasteiger partial charge >= 0.3 is 0 Å². The number of carbonyl (C=O) groups excluding carboxylic acids is 2. The second-order valence-electron chi connectivity index (χ2n) is 11.1.